The van der Waals surface area contributed by atoms with Gasteiger partial charge in [0.2, 0.25) is 5.91 Å². The molecule has 1 aromatic rings. The molecule has 0 saturated heterocycles. The summed E-state index contributed by atoms with van der Waals surface area (Å²) in [7, 11) is 0. The maximum absolute atomic E-state index is 12.5. The van der Waals surface area contributed by atoms with E-state index in [0.717, 1.165) is 24.2 Å². The summed E-state index contributed by atoms with van der Waals surface area (Å²) in [6.45, 7) is 6.24. The molecule has 6 nitrogen and oxygen atoms in total. The van der Waals surface area contributed by atoms with E-state index in [-0.39, 0.29) is 0 Å². The van der Waals surface area contributed by atoms with Crippen LogP contribution in [0.25, 0.3) is 0 Å². The van der Waals surface area contributed by atoms with E-state index in [1.165, 1.54) is 11.8 Å². The Balaban J connectivity index is 3.01. The average molecular weight is 319 g/mol. The zero-order valence-corrected chi connectivity index (χ0v) is 14.0. The van der Waals surface area contributed by atoms with E-state index in [9.17, 15) is 14.4 Å². The molecule has 0 saturated carbocycles. The van der Waals surface area contributed by atoms with Crippen LogP contribution in [-0.2, 0) is 14.4 Å². The van der Waals surface area contributed by atoms with Crippen LogP contribution in [-0.4, -0.2) is 35.7 Å². The van der Waals surface area contributed by atoms with E-state index >= 15 is 0 Å². The molecule has 0 aliphatic carbocycles. The van der Waals surface area contributed by atoms with Crippen LogP contribution in [0.4, 0.5) is 11.4 Å². The highest BCUT2D eigenvalue weighted by Gasteiger charge is 2.30. The minimum absolute atomic E-state index is 0.344. The normalized spacial score (nSPS) is 10.2. The second-order valence-electron chi connectivity index (χ2n) is 5.40. The van der Waals surface area contributed by atoms with Gasteiger partial charge in [-0.3, -0.25) is 14.4 Å². The zero-order valence-electron chi connectivity index (χ0n) is 14.0. The monoisotopic (exact) mass is 319 g/mol. The number of carbonyl (C=O) groups is 3. The Bertz CT molecular complexity index is 555. The molecule has 1 aromatic carbocycles. The van der Waals surface area contributed by atoms with E-state index in [1.807, 2.05) is 13.8 Å². The van der Waals surface area contributed by atoms with E-state index in [0.29, 0.717) is 24.5 Å². The summed E-state index contributed by atoms with van der Waals surface area (Å²) < 4.78 is 0. The maximum atomic E-state index is 12.5. The largest absolute Gasteiger partial charge is 0.399 e. The molecule has 0 atom stereocenters. The molecule has 3 amide bonds. The molecule has 0 aromatic heterocycles. The molecular weight excluding hydrogens is 294 g/mol. The number of rotatable bonds is 6. The van der Waals surface area contributed by atoms with Crippen molar-refractivity contribution < 1.29 is 14.4 Å². The van der Waals surface area contributed by atoms with E-state index in [1.54, 1.807) is 24.3 Å². The Morgan fingerprint density at radius 3 is 2.04 bits per heavy atom. The molecule has 0 spiro atoms. The summed E-state index contributed by atoms with van der Waals surface area (Å²) in [5, 5.41) is 0. The van der Waals surface area contributed by atoms with Crippen molar-refractivity contribution in [3.05, 3.63) is 24.3 Å². The van der Waals surface area contributed by atoms with Crippen LogP contribution in [0.1, 0.15) is 40.0 Å². The predicted molar refractivity (Wildman–Crippen MR) is 90.8 cm³/mol. The van der Waals surface area contributed by atoms with Crippen LogP contribution in [0.2, 0.25) is 0 Å². The maximum Gasteiger partial charge on any atom is 0.323 e. The van der Waals surface area contributed by atoms with Gasteiger partial charge in [-0.2, -0.15) is 0 Å². The molecule has 126 valence electrons. The van der Waals surface area contributed by atoms with Crippen molar-refractivity contribution in [3.63, 3.8) is 0 Å². The molecule has 0 unspecified atom stereocenters. The number of unbranched alkanes of at least 4 members (excludes halogenated alkanes) is 1. The van der Waals surface area contributed by atoms with Crippen LogP contribution >= 0.6 is 0 Å². The first-order valence-electron chi connectivity index (χ1n) is 7.91. The van der Waals surface area contributed by atoms with Crippen LogP contribution in [0.5, 0.6) is 0 Å². The minimum Gasteiger partial charge on any atom is -0.399 e. The molecule has 0 bridgehead atoms. The summed E-state index contributed by atoms with van der Waals surface area (Å²) >= 11 is 0. The van der Waals surface area contributed by atoms with Crippen LogP contribution < -0.4 is 10.6 Å². The van der Waals surface area contributed by atoms with Gasteiger partial charge < -0.3 is 10.6 Å². The van der Waals surface area contributed by atoms with Gasteiger partial charge in [0.05, 0.1) is 5.69 Å². The second-order valence-corrected chi connectivity index (χ2v) is 5.40. The van der Waals surface area contributed by atoms with Gasteiger partial charge in [-0.05, 0) is 37.1 Å². The van der Waals surface area contributed by atoms with Gasteiger partial charge in [-0.25, -0.2) is 4.90 Å². The van der Waals surface area contributed by atoms with Gasteiger partial charge in [0.1, 0.15) is 0 Å². The highest BCUT2D eigenvalue weighted by Crippen LogP contribution is 2.17. The second kappa shape index (κ2) is 8.92. The molecule has 2 N–H and O–H groups in total. The molecule has 23 heavy (non-hydrogen) atoms. The molecule has 0 aliphatic rings. The first-order chi connectivity index (χ1) is 10.9. The van der Waals surface area contributed by atoms with Crippen molar-refractivity contribution >= 4 is 29.1 Å². The number of hydrogen-bond donors (Lipinski definition) is 1. The zero-order chi connectivity index (χ0) is 17.4. The molecule has 0 heterocycles. The van der Waals surface area contributed by atoms with E-state index in [4.69, 9.17) is 5.73 Å². The lowest BCUT2D eigenvalue weighted by molar-refractivity contribution is -0.145. The Hall–Kier alpha value is -2.37. The molecule has 6 heteroatoms. The number of imide groups is 1. The van der Waals surface area contributed by atoms with Crippen LogP contribution in [0.3, 0.4) is 0 Å². The lowest BCUT2D eigenvalue weighted by atomic mass is 10.2. The topological polar surface area (TPSA) is 83.7 Å². The van der Waals surface area contributed by atoms with Crippen molar-refractivity contribution in [2.45, 2.75) is 40.0 Å². The number of carbonyl (C=O) groups excluding carboxylic acids is 3. The Morgan fingerprint density at radius 1 is 0.957 bits per heavy atom. The third kappa shape index (κ3) is 5.09. The van der Waals surface area contributed by atoms with E-state index in [2.05, 4.69) is 0 Å². The summed E-state index contributed by atoms with van der Waals surface area (Å²) in [5.41, 5.74) is 6.48. The Labute approximate surface area is 137 Å². The van der Waals surface area contributed by atoms with Gasteiger partial charge in [-0.15, -0.1) is 0 Å². The number of nitrogens with two attached hydrogens (primary N) is 1. The SMILES string of the molecule is CCCCN(CCC)C(=O)C(=O)N(C(C)=O)c1ccc(N)cc1. The van der Waals surface area contributed by atoms with Gasteiger partial charge in [-0.1, -0.05) is 20.3 Å². The number of nitrogens with zero attached hydrogens (tertiary/aromatic N) is 2. The standard InChI is InChI=1S/C17H25N3O3/c1-4-6-12-19(11-5-2)16(22)17(23)20(13(3)21)15-9-7-14(18)8-10-15/h7-10H,4-6,11-12,18H2,1-3H3. The predicted octanol–water partition coefficient (Wildman–Crippen LogP) is 2.19. The summed E-state index contributed by atoms with van der Waals surface area (Å²) in [4.78, 5) is 39.3. The lowest BCUT2D eigenvalue weighted by Crippen LogP contribution is -2.47. The van der Waals surface area contributed by atoms with Crippen molar-refractivity contribution in [1.82, 2.24) is 4.90 Å². The lowest BCUT2D eigenvalue weighted by Gasteiger charge is -2.25. The number of hydrogen-bond acceptors (Lipinski definition) is 4. The highest BCUT2D eigenvalue weighted by atomic mass is 16.2. The molecular formula is C17H25N3O3. The average Bonchev–Trinajstić information content (AvgIpc) is 2.52. The van der Waals surface area contributed by atoms with Gasteiger partial charge in [0.15, 0.2) is 0 Å². The van der Waals surface area contributed by atoms with Crippen LogP contribution in [0.15, 0.2) is 24.3 Å². The molecule has 0 radical (unpaired) electrons. The number of anilines is 2. The van der Waals surface area contributed by atoms with Crippen molar-refractivity contribution in [2.24, 2.45) is 0 Å². The van der Waals surface area contributed by atoms with E-state index < -0.39 is 17.7 Å². The first kappa shape index (κ1) is 18.7. The summed E-state index contributed by atoms with van der Waals surface area (Å²) in [5.74, 6) is -1.97. The third-order valence-corrected chi connectivity index (χ3v) is 3.41. The smallest absolute Gasteiger partial charge is 0.323 e. The van der Waals surface area contributed by atoms with Crippen LogP contribution in [0, 0.1) is 0 Å². The quantitative estimate of drug-likeness (QED) is 0.643. The number of amides is 3. The Morgan fingerprint density at radius 2 is 1.57 bits per heavy atom. The van der Waals surface area contributed by atoms with Gasteiger partial charge in [0, 0.05) is 25.7 Å². The first-order valence-corrected chi connectivity index (χ1v) is 7.91. The van der Waals surface area contributed by atoms with Gasteiger partial charge in [0.25, 0.3) is 0 Å². The fraction of sp³-hybridized carbons (Fsp3) is 0.471. The van der Waals surface area contributed by atoms with Gasteiger partial charge >= 0.3 is 11.8 Å². The fourth-order valence-electron chi connectivity index (χ4n) is 2.23. The number of nitrogen functional groups attached to an aromatic ring is 1. The highest BCUT2D eigenvalue weighted by molar-refractivity contribution is 6.45. The summed E-state index contributed by atoms with van der Waals surface area (Å²) in [6.07, 6.45) is 2.50. The van der Waals surface area contributed by atoms with Crippen molar-refractivity contribution in [2.75, 3.05) is 23.7 Å². The molecule has 1 rings (SSSR count). The fourth-order valence-corrected chi connectivity index (χ4v) is 2.23. The van der Waals surface area contributed by atoms with Crippen molar-refractivity contribution in [1.29, 1.82) is 0 Å². The summed E-state index contributed by atoms with van der Waals surface area (Å²) in [6, 6.07) is 6.28. The minimum atomic E-state index is -0.827. The van der Waals surface area contributed by atoms with Crippen molar-refractivity contribution in [3.8, 4) is 0 Å². The molecule has 0 aliphatic heterocycles. The third-order valence-electron chi connectivity index (χ3n) is 3.41. The number of benzene rings is 1. The molecule has 0 fully saturated rings. The Kier molecular flexibility index (Phi) is 7.25.